The zero-order valence-corrected chi connectivity index (χ0v) is 27.9. The highest BCUT2D eigenvalue weighted by Crippen LogP contribution is 2.45. The number of rotatable bonds is 6. The maximum absolute atomic E-state index is 14.0. The molecule has 4 heterocycles. The van der Waals surface area contributed by atoms with Crippen molar-refractivity contribution in [2.75, 3.05) is 5.75 Å². The monoisotopic (exact) mass is 725 g/mol. The van der Waals surface area contributed by atoms with Crippen LogP contribution in [0.4, 0.5) is 13.2 Å². The van der Waals surface area contributed by atoms with Crippen molar-refractivity contribution in [3.8, 4) is 10.6 Å². The summed E-state index contributed by atoms with van der Waals surface area (Å²) in [6.45, 7) is 0. The summed E-state index contributed by atoms with van der Waals surface area (Å²) in [5.74, 6) is -0.617. The standard InChI is InChI=1S/C34H24Cl2F3N5O2S2/c35-21-11-9-19(10-12-21)30-23-7-2-5-20(14-18-4-1-6-22(36)15-18)29(23)43-44(30)27(45)17-48-33-41-31-28(32(46)42-33)24(34(37,38)39)16-25(40-31)26-8-3-13-47-26/h1,3-4,6,8-16,23,30H,2,5,7,17H2,(H,40,41,42,46)/b20-14-/t23-,30-/m0/s1. The molecule has 7 nitrogen and oxygen atoms in total. The Morgan fingerprint density at radius 1 is 1.06 bits per heavy atom. The Balaban J connectivity index is 1.22. The summed E-state index contributed by atoms with van der Waals surface area (Å²) >= 11 is 14.5. The van der Waals surface area contributed by atoms with Crippen LogP contribution < -0.4 is 5.56 Å². The molecular weight excluding hydrogens is 702 g/mol. The molecule has 14 heteroatoms. The summed E-state index contributed by atoms with van der Waals surface area (Å²) in [4.78, 5) is 38.4. The molecule has 1 N–H and O–H groups in total. The van der Waals surface area contributed by atoms with Crippen molar-refractivity contribution in [2.24, 2.45) is 11.0 Å². The number of nitrogens with one attached hydrogen (secondary N) is 1. The van der Waals surface area contributed by atoms with Crippen LogP contribution in [-0.4, -0.2) is 37.3 Å². The number of aromatic nitrogens is 3. The van der Waals surface area contributed by atoms with Crippen LogP contribution in [0, 0.1) is 5.92 Å². The molecule has 2 aliphatic rings. The van der Waals surface area contributed by atoms with Gasteiger partial charge in [0.2, 0.25) is 0 Å². The molecule has 48 heavy (non-hydrogen) atoms. The van der Waals surface area contributed by atoms with Crippen LogP contribution in [0.2, 0.25) is 10.0 Å². The van der Waals surface area contributed by atoms with E-state index in [0.29, 0.717) is 14.9 Å². The molecule has 0 radical (unpaired) electrons. The number of nitrogens with zero attached hydrogens (tertiary/aromatic N) is 4. The summed E-state index contributed by atoms with van der Waals surface area (Å²) in [5.41, 5.74) is 1.22. The molecule has 0 unspecified atom stereocenters. The zero-order chi connectivity index (χ0) is 33.6. The van der Waals surface area contributed by atoms with E-state index in [0.717, 1.165) is 59.5 Å². The normalized spacial score (nSPS) is 18.7. The number of thioether (sulfide) groups is 1. The zero-order valence-electron chi connectivity index (χ0n) is 24.8. The van der Waals surface area contributed by atoms with E-state index in [1.165, 1.54) is 16.3 Å². The third-order valence-electron chi connectivity index (χ3n) is 8.22. The third-order valence-corrected chi connectivity index (χ3v) is 10.5. The Labute approximate surface area is 290 Å². The van der Waals surface area contributed by atoms with E-state index in [4.69, 9.17) is 28.3 Å². The van der Waals surface area contributed by atoms with Gasteiger partial charge in [0.1, 0.15) is 0 Å². The number of pyridine rings is 1. The van der Waals surface area contributed by atoms with Gasteiger partial charge in [0.15, 0.2) is 10.8 Å². The first-order chi connectivity index (χ1) is 23.0. The number of fused-ring (bicyclic) bond motifs is 2. The van der Waals surface area contributed by atoms with E-state index in [1.54, 1.807) is 35.7 Å². The minimum atomic E-state index is -4.81. The molecule has 3 aromatic heterocycles. The SMILES string of the molecule is O=C(CSc1nc2nc(-c3cccs3)cc(C(F)(F)F)c2c(=O)[nH]1)N1N=C2/C(=C\c3cccc(Cl)c3)CCC[C@@H]2[C@@H]1c1ccc(Cl)cc1. The number of carbonyl (C=O) groups excluding carboxylic acids is 1. The van der Waals surface area contributed by atoms with Crippen LogP contribution in [0.5, 0.6) is 0 Å². The molecule has 1 aliphatic carbocycles. The van der Waals surface area contributed by atoms with Crippen molar-refractivity contribution in [3.05, 3.63) is 115 Å². The number of amides is 1. The fraction of sp³-hybridized carbons (Fsp3) is 0.206. The van der Waals surface area contributed by atoms with E-state index in [9.17, 15) is 22.8 Å². The van der Waals surface area contributed by atoms with Crippen LogP contribution in [0.25, 0.3) is 27.7 Å². The van der Waals surface area contributed by atoms with E-state index < -0.39 is 28.7 Å². The molecule has 244 valence electrons. The highest BCUT2D eigenvalue weighted by Gasteiger charge is 2.43. The number of halogens is 5. The summed E-state index contributed by atoms with van der Waals surface area (Å²) < 4.78 is 42.1. The van der Waals surface area contributed by atoms with Crippen molar-refractivity contribution >= 4 is 75.0 Å². The Morgan fingerprint density at radius 2 is 1.88 bits per heavy atom. The molecule has 1 saturated carbocycles. The second-order valence-electron chi connectivity index (χ2n) is 11.3. The maximum atomic E-state index is 14.0. The van der Waals surface area contributed by atoms with Gasteiger partial charge in [0.25, 0.3) is 11.5 Å². The van der Waals surface area contributed by atoms with Gasteiger partial charge in [0.05, 0.1) is 39.0 Å². The van der Waals surface area contributed by atoms with Crippen molar-refractivity contribution in [1.29, 1.82) is 0 Å². The first-order valence-corrected chi connectivity index (χ1v) is 17.5. The van der Waals surface area contributed by atoms with Crippen molar-refractivity contribution in [2.45, 2.75) is 36.6 Å². The summed E-state index contributed by atoms with van der Waals surface area (Å²) in [7, 11) is 0. The van der Waals surface area contributed by atoms with Gasteiger partial charge in [-0.05, 0) is 83.8 Å². The second kappa shape index (κ2) is 13.1. The topological polar surface area (TPSA) is 91.3 Å². The van der Waals surface area contributed by atoms with Crippen LogP contribution in [-0.2, 0) is 11.0 Å². The number of hydrogen-bond donors (Lipinski definition) is 1. The van der Waals surface area contributed by atoms with Gasteiger partial charge in [-0.3, -0.25) is 9.59 Å². The maximum Gasteiger partial charge on any atom is 0.417 e. The molecule has 0 saturated heterocycles. The van der Waals surface area contributed by atoms with Gasteiger partial charge in [0, 0.05) is 16.0 Å². The minimum absolute atomic E-state index is 0.0290. The minimum Gasteiger partial charge on any atom is -0.301 e. The molecule has 1 amide bonds. The Kier molecular flexibility index (Phi) is 8.92. The number of H-pyrrole nitrogens is 1. The van der Waals surface area contributed by atoms with Crippen molar-refractivity contribution in [3.63, 3.8) is 0 Å². The molecular formula is C34H24Cl2F3N5O2S2. The smallest absolute Gasteiger partial charge is 0.301 e. The highest BCUT2D eigenvalue weighted by molar-refractivity contribution is 7.99. The fourth-order valence-corrected chi connectivity index (χ4v) is 7.88. The molecule has 2 aromatic carbocycles. The van der Waals surface area contributed by atoms with Crippen molar-refractivity contribution < 1.29 is 18.0 Å². The van der Waals surface area contributed by atoms with Gasteiger partial charge < -0.3 is 4.98 Å². The average Bonchev–Trinajstić information content (AvgIpc) is 3.73. The summed E-state index contributed by atoms with van der Waals surface area (Å²) in [5, 5.41) is 8.56. The van der Waals surface area contributed by atoms with Crippen LogP contribution in [0.3, 0.4) is 0 Å². The van der Waals surface area contributed by atoms with Gasteiger partial charge in [-0.15, -0.1) is 11.3 Å². The van der Waals surface area contributed by atoms with Gasteiger partial charge in [-0.2, -0.15) is 18.3 Å². The van der Waals surface area contributed by atoms with Gasteiger partial charge in [-0.1, -0.05) is 65.3 Å². The van der Waals surface area contributed by atoms with Gasteiger partial charge in [-0.25, -0.2) is 15.0 Å². The molecule has 0 spiro atoms. The number of alkyl halides is 3. The summed E-state index contributed by atoms with van der Waals surface area (Å²) in [6.07, 6.45) is -0.257. The third kappa shape index (κ3) is 6.54. The van der Waals surface area contributed by atoms with E-state index in [1.807, 2.05) is 30.3 Å². The number of hydrazone groups is 1. The lowest BCUT2D eigenvalue weighted by molar-refractivity contribution is -0.136. The Bertz CT molecular complexity index is 2150. The quantitative estimate of drug-likeness (QED) is 0.139. The van der Waals surface area contributed by atoms with Crippen LogP contribution >= 0.6 is 46.3 Å². The van der Waals surface area contributed by atoms with E-state index >= 15 is 0 Å². The lowest BCUT2D eigenvalue weighted by Crippen LogP contribution is -2.33. The highest BCUT2D eigenvalue weighted by atomic mass is 35.5. The molecule has 1 aliphatic heterocycles. The predicted octanol–water partition coefficient (Wildman–Crippen LogP) is 9.29. The van der Waals surface area contributed by atoms with Crippen LogP contribution in [0.15, 0.2) is 92.7 Å². The number of allylic oxidation sites excluding steroid dienone is 1. The van der Waals surface area contributed by atoms with Crippen molar-refractivity contribution in [1.82, 2.24) is 20.0 Å². The largest absolute Gasteiger partial charge is 0.417 e. The summed E-state index contributed by atoms with van der Waals surface area (Å²) in [6, 6.07) is 18.6. The number of thiophene rings is 1. The molecule has 7 rings (SSSR count). The Morgan fingerprint density at radius 3 is 2.60 bits per heavy atom. The first-order valence-electron chi connectivity index (χ1n) is 14.9. The fourth-order valence-electron chi connectivity index (χ4n) is 6.16. The average molecular weight is 727 g/mol. The number of benzene rings is 2. The Hall–Kier alpha value is -3.97. The lowest BCUT2D eigenvalue weighted by atomic mass is 9.77. The molecule has 5 aromatic rings. The second-order valence-corrected chi connectivity index (χ2v) is 14.1. The number of aromatic amines is 1. The van der Waals surface area contributed by atoms with Crippen LogP contribution in [0.1, 0.15) is 42.0 Å². The lowest BCUT2D eigenvalue weighted by Gasteiger charge is -2.29. The van der Waals surface area contributed by atoms with Gasteiger partial charge >= 0.3 is 6.18 Å². The van der Waals surface area contributed by atoms with E-state index in [-0.39, 0.29) is 34.1 Å². The number of hydrogen-bond acceptors (Lipinski definition) is 7. The molecule has 0 bridgehead atoms. The molecule has 2 atom stereocenters. The van der Waals surface area contributed by atoms with E-state index in [2.05, 4.69) is 21.0 Å². The predicted molar refractivity (Wildman–Crippen MR) is 184 cm³/mol. The molecule has 1 fully saturated rings. The first kappa shape index (κ1) is 32.6. The number of carbonyl (C=O) groups is 1.